The molecule has 0 aliphatic carbocycles. The van der Waals surface area contributed by atoms with Gasteiger partial charge in [0.05, 0.1) is 0 Å². The van der Waals surface area contributed by atoms with Crippen LogP contribution in [0.1, 0.15) is 5.82 Å². The Morgan fingerprint density at radius 1 is 1.73 bits per heavy atom. The number of aromatic nitrogens is 2. The van der Waals surface area contributed by atoms with E-state index in [1.165, 1.54) is 0 Å². The van der Waals surface area contributed by atoms with Crippen molar-refractivity contribution < 1.29 is 19.5 Å². The topological polar surface area (TPSA) is 31.9 Å². The molecule has 5 heteroatoms. The van der Waals surface area contributed by atoms with Gasteiger partial charge in [0.25, 0.3) is 0 Å². The number of hydrogen-bond donors (Lipinski definition) is 0. The van der Waals surface area contributed by atoms with Gasteiger partial charge in [-0.3, -0.25) is 0 Å². The Morgan fingerprint density at radius 3 is 2.91 bits per heavy atom. The zero-order chi connectivity index (χ0) is 7.40. The Balaban J connectivity index is 0.000001000. The van der Waals surface area contributed by atoms with E-state index in [4.69, 9.17) is 0 Å². The minimum atomic E-state index is 0. The van der Waals surface area contributed by atoms with E-state index < -0.39 is 0 Å². The normalized spacial score (nSPS) is 9.27. The third-order valence-corrected chi connectivity index (χ3v) is 1.78. The molecule has 1 radical (unpaired) electrons. The number of imidazole rings is 1. The van der Waals surface area contributed by atoms with Crippen LogP contribution < -0.4 is 0 Å². The summed E-state index contributed by atoms with van der Waals surface area (Å²) in [5, 5.41) is 3.99. The molecule has 1 aromatic heterocycles. The van der Waals surface area contributed by atoms with Crippen molar-refractivity contribution in [2.24, 2.45) is 0 Å². The second kappa shape index (κ2) is 5.82. The van der Waals surface area contributed by atoms with Gasteiger partial charge in [-0.1, -0.05) is 0 Å². The average molecular weight is 259 g/mol. The first-order valence-electron chi connectivity index (χ1n) is 3.17. The summed E-state index contributed by atoms with van der Waals surface area (Å²) in [4.78, 5) is 4.14. The Kier molecular flexibility index (Phi) is 5.94. The summed E-state index contributed by atoms with van der Waals surface area (Å²) in [7, 11) is 4.40. The quantitative estimate of drug-likeness (QED) is 0.590. The van der Waals surface area contributed by atoms with E-state index >= 15 is 0 Å². The van der Waals surface area contributed by atoms with Crippen LogP contribution in [0.4, 0.5) is 0 Å². The molecule has 0 aliphatic rings. The Bertz CT molecular complexity index is 201. The van der Waals surface area contributed by atoms with Crippen LogP contribution in [0.15, 0.2) is 12.4 Å². The largest absolute Gasteiger partial charge is 0.665 e. The van der Waals surface area contributed by atoms with E-state index in [0.717, 1.165) is 18.8 Å². The van der Waals surface area contributed by atoms with Gasteiger partial charge in [-0.15, -0.1) is 6.54 Å². The van der Waals surface area contributed by atoms with Gasteiger partial charge in [0.15, 0.2) is 0 Å². The van der Waals surface area contributed by atoms with Crippen LogP contribution in [0.3, 0.4) is 0 Å². The molecule has 1 unspecified atom stereocenters. The fraction of sp³-hybridized carbons (Fsp3) is 0.500. The molecule has 0 saturated carbocycles. The zero-order valence-corrected chi connectivity index (χ0v) is 9.11. The molecular weight excluding hydrogens is 248 g/mol. The summed E-state index contributed by atoms with van der Waals surface area (Å²) in [6, 6.07) is 0. The minimum Gasteiger partial charge on any atom is -0.665 e. The number of likely N-dealkylation sites (N-methyl/N-ethyl adjacent to an activating group) is 1. The molecule has 0 N–H and O–H groups in total. The second-order valence-corrected chi connectivity index (χ2v) is 2.60. The van der Waals surface area contributed by atoms with E-state index in [2.05, 4.69) is 19.7 Å². The van der Waals surface area contributed by atoms with Gasteiger partial charge in [-0.05, 0) is 15.8 Å². The van der Waals surface area contributed by atoms with Crippen LogP contribution >= 0.6 is 9.39 Å². The van der Waals surface area contributed by atoms with E-state index in [9.17, 15) is 0 Å². The molecule has 11 heavy (non-hydrogen) atoms. The molecule has 1 aromatic rings. The predicted octanol–water partition coefficient (Wildman–Crippen LogP) is 1.06. The van der Waals surface area contributed by atoms with E-state index in [1.54, 1.807) is 6.20 Å². The van der Waals surface area contributed by atoms with Gasteiger partial charge < -0.3 is 9.65 Å². The second-order valence-electron chi connectivity index (χ2n) is 2.04. The van der Waals surface area contributed by atoms with Crippen molar-refractivity contribution in [2.75, 3.05) is 13.6 Å². The van der Waals surface area contributed by atoms with Gasteiger partial charge >= 0.3 is 0 Å². The van der Waals surface area contributed by atoms with Crippen LogP contribution in [0, 0.1) is 0 Å². The number of rotatable bonds is 3. The van der Waals surface area contributed by atoms with Crippen molar-refractivity contribution in [2.45, 2.75) is 6.42 Å². The van der Waals surface area contributed by atoms with Crippen molar-refractivity contribution in [3.05, 3.63) is 23.5 Å². The molecular formula is C6H11N3PRh-. The summed E-state index contributed by atoms with van der Waals surface area (Å²) in [5.41, 5.74) is 0. The standard InChI is InChI=1S/C6H11N3P.Rh/c1-7-3-2-6-8-4-5-9(6)10;/h4-5H,2-3,10H2,1H3;/q-1;. The third kappa shape index (κ3) is 3.42. The van der Waals surface area contributed by atoms with Crippen molar-refractivity contribution >= 4 is 9.39 Å². The van der Waals surface area contributed by atoms with E-state index in [-0.39, 0.29) is 19.5 Å². The van der Waals surface area contributed by atoms with Crippen molar-refractivity contribution in [3.63, 3.8) is 0 Å². The molecule has 0 spiro atoms. The maximum atomic E-state index is 4.14. The summed E-state index contributed by atoms with van der Waals surface area (Å²) in [6.45, 7) is 0.853. The molecule has 0 aliphatic heterocycles. The first-order chi connectivity index (χ1) is 4.84. The molecule has 0 aromatic carbocycles. The summed E-state index contributed by atoms with van der Waals surface area (Å²) in [6.07, 6.45) is 4.63. The average Bonchev–Trinajstić information content (AvgIpc) is 2.31. The fourth-order valence-corrected chi connectivity index (χ4v) is 1.02. The summed E-state index contributed by atoms with van der Waals surface area (Å²) in [5.74, 6) is 1.07. The fourth-order valence-electron chi connectivity index (χ4n) is 0.749. The molecule has 65 valence electrons. The van der Waals surface area contributed by atoms with Crippen molar-refractivity contribution in [3.8, 4) is 0 Å². The monoisotopic (exact) mass is 259 g/mol. The molecule has 0 amide bonds. The maximum absolute atomic E-state index is 4.14. The third-order valence-electron chi connectivity index (χ3n) is 1.31. The number of hydrogen-bond acceptors (Lipinski definition) is 1. The summed E-state index contributed by atoms with van der Waals surface area (Å²) < 4.78 is 1.94. The first-order valence-corrected chi connectivity index (χ1v) is 3.69. The predicted molar refractivity (Wildman–Crippen MR) is 45.2 cm³/mol. The van der Waals surface area contributed by atoms with E-state index in [1.807, 2.05) is 17.6 Å². The van der Waals surface area contributed by atoms with Crippen molar-refractivity contribution in [1.82, 2.24) is 9.32 Å². The smallest absolute Gasteiger partial charge is 0.109 e. The van der Waals surface area contributed by atoms with Gasteiger partial charge in [0.1, 0.15) is 5.82 Å². The molecule has 0 fully saturated rings. The van der Waals surface area contributed by atoms with Crippen molar-refractivity contribution in [1.29, 1.82) is 0 Å². The van der Waals surface area contributed by atoms with Crippen LogP contribution in [0.2, 0.25) is 0 Å². The Labute approximate surface area is 82.0 Å². The van der Waals surface area contributed by atoms with Crippen LogP contribution in [-0.2, 0) is 25.9 Å². The van der Waals surface area contributed by atoms with E-state index in [0.29, 0.717) is 0 Å². The molecule has 0 saturated heterocycles. The first kappa shape index (κ1) is 11.2. The zero-order valence-electron chi connectivity index (χ0n) is 6.32. The Hall–Kier alpha value is 0.223. The molecule has 0 bridgehead atoms. The Morgan fingerprint density at radius 2 is 2.45 bits per heavy atom. The van der Waals surface area contributed by atoms with Gasteiger partial charge in [-0.2, -0.15) is 7.05 Å². The SMILES string of the molecule is C[N-]CCc1nccn1P.[Rh]. The van der Waals surface area contributed by atoms with Gasteiger partial charge in [0.2, 0.25) is 0 Å². The molecule has 1 heterocycles. The summed E-state index contributed by atoms with van der Waals surface area (Å²) >= 11 is 0. The van der Waals surface area contributed by atoms with Crippen LogP contribution in [0.25, 0.3) is 5.32 Å². The minimum absolute atomic E-state index is 0. The van der Waals surface area contributed by atoms with Gasteiger partial charge in [0, 0.05) is 31.9 Å². The van der Waals surface area contributed by atoms with Crippen LogP contribution in [-0.4, -0.2) is 22.9 Å². The van der Waals surface area contributed by atoms with Crippen LogP contribution in [0.5, 0.6) is 0 Å². The number of nitrogens with zero attached hydrogens (tertiary/aromatic N) is 3. The molecule has 1 rings (SSSR count). The molecule has 1 atom stereocenters. The molecule has 3 nitrogen and oxygen atoms in total. The maximum Gasteiger partial charge on any atom is 0.109 e. The van der Waals surface area contributed by atoms with Gasteiger partial charge in [-0.25, -0.2) is 4.98 Å².